The van der Waals surface area contributed by atoms with Crippen molar-refractivity contribution in [3.05, 3.63) is 57.7 Å². The Hall–Kier alpha value is -2.74. The molecule has 0 spiro atoms. The minimum absolute atomic E-state index is 0.0974. The van der Waals surface area contributed by atoms with Crippen LogP contribution in [0.25, 0.3) is 10.6 Å². The lowest BCUT2D eigenvalue weighted by atomic mass is 10.3. The van der Waals surface area contributed by atoms with Crippen molar-refractivity contribution in [3.63, 3.8) is 0 Å². The van der Waals surface area contributed by atoms with Gasteiger partial charge in [-0.2, -0.15) is 5.10 Å². The predicted molar refractivity (Wildman–Crippen MR) is 92.1 cm³/mol. The van der Waals surface area contributed by atoms with E-state index in [0.29, 0.717) is 24.3 Å². The second-order valence-electron chi connectivity index (χ2n) is 5.35. The molecule has 0 aliphatic heterocycles. The second-order valence-corrected chi connectivity index (χ2v) is 6.29. The number of aryl methyl sites for hydroxylation is 2. The van der Waals surface area contributed by atoms with Gasteiger partial charge in [0.15, 0.2) is 0 Å². The number of nitrogens with one attached hydrogen (secondary N) is 1. The Morgan fingerprint density at radius 1 is 1.42 bits per heavy atom. The van der Waals surface area contributed by atoms with E-state index in [-0.39, 0.29) is 11.5 Å². The number of carbonyl (C=O) groups excluding carboxylic acids is 1. The van der Waals surface area contributed by atoms with E-state index in [0.717, 1.165) is 10.6 Å². The molecule has 1 N–H and O–H groups in total. The molecule has 24 heavy (non-hydrogen) atoms. The number of nitrogens with zero attached hydrogens (tertiary/aromatic N) is 4. The third kappa shape index (κ3) is 3.28. The van der Waals surface area contributed by atoms with Gasteiger partial charge in [0.2, 0.25) is 0 Å². The Morgan fingerprint density at radius 2 is 2.25 bits per heavy atom. The van der Waals surface area contributed by atoms with E-state index < -0.39 is 0 Å². The van der Waals surface area contributed by atoms with Crippen LogP contribution in [0.3, 0.4) is 0 Å². The van der Waals surface area contributed by atoms with Crippen LogP contribution in [0.5, 0.6) is 0 Å². The van der Waals surface area contributed by atoms with Crippen LogP contribution < -0.4 is 10.9 Å². The highest BCUT2D eigenvalue weighted by molar-refractivity contribution is 7.13. The van der Waals surface area contributed by atoms with E-state index in [4.69, 9.17) is 0 Å². The van der Waals surface area contributed by atoms with E-state index in [2.05, 4.69) is 15.4 Å². The summed E-state index contributed by atoms with van der Waals surface area (Å²) < 4.78 is 3.04. The lowest BCUT2D eigenvalue weighted by Gasteiger charge is -2.07. The number of amides is 1. The predicted octanol–water partition coefficient (Wildman–Crippen LogP) is 1.44. The fraction of sp³-hybridized carbons (Fsp3) is 0.250. The van der Waals surface area contributed by atoms with Gasteiger partial charge in [-0.25, -0.2) is 4.98 Å². The molecule has 0 radical (unpaired) electrons. The Labute approximate surface area is 142 Å². The van der Waals surface area contributed by atoms with Crippen LogP contribution in [0.4, 0.5) is 0 Å². The molecule has 3 heterocycles. The van der Waals surface area contributed by atoms with Crippen LogP contribution >= 0.6 is 11.3 Å². The van der Waals surface area contributed by atoms with E-state index in [1.54, 1.807) is 36.1 Å². The van der Waals surface area contributed by atoms with Gasteiger partial charge in [-0.15, -0.1) is 11.3 Å². The highest BCUT2D eigenvalue weighted by Crippen LogP contribution is 2.23. The van der Waals surface area contributed by atoms with Crippen LogP contribution in [0.2, 0.25) is 0 Å². The average Bonchev–Trinajstić information content (AvgIpc) is 3.20. The molecule has 0 atom stereocenters. The molecule has 7 nitrogen and oxygen atoms in total. The van der Waals surface area contributed by atoms with E-state index in [1.807, 2.05) is 17.5 Å². The molecule has 0 saturated carbocycles. The molecule has 0 aliphatic rings. The molecule has 3 aromatic heterocycles. The quantitative estimate of drug-likeness (QED) is 0.760. The smallest absolute Gasteiger partial charge is 0.269 e. The maximum absolute atomic E-state index is 12.3. The van der Waals surface area contributed by atoms with Crippen molar-refractivity contribution in [1.29, 1.82) is 0 Å². The van der Waals surface area contributed by atoms with E-state index in [1.165, 1.54) is 17.1 Å². The Morgan fingerprint density at radius 3 is 3.00 bits per heavy atom. The van der Waals surface area contributed by atoms with E-state index in [9.17, 15) is 9.59 Å². The number of hydrogen-bond donors (Lipinski definition) is 1. The zero-order valence-electron chi connectivity index (χ0n) is 13.4. The van der Waals surface area contributed by atoms with Gasteiger partial charge in [0.1, 0.15) is 11.4 Å². The van der Waals surface area contributed by atoms with Crippen molar-refractivity contribution >= 4 is 17.2 Å². The maximum atomic E-state index is 12.3. The lowest BCUT2D eigenvalue weighted by molar-refractivity contribution is 0.0942. The first-order valence-corrected chi connectivity index (χ1v) is 8.31. The summed E-state index contributed by atoms with van der Waals surface area (Å²) in [7, 11) is 1.74. The SMILES string of the molecule is Cc1cncn(CCNC(=O)c2cc(-c3cccs3)nn2C)c1=O. The van der Waals surface area contributed by atoms with Gasteiger partial charge in [0.25, 0.3) is 11.5 Å². The summed E-state index contributed by atoms with van der Waals surface area (Å²) in [5, 5.41) is 9.15. The third-order valence-electron chi connectivity index (χ3n) is 3.60. The number of aromatic nitrogens is 4. The van der Waals surface area contributed by atoms with Gasteiger partial charge in [0, 0.05) is 31.9 Å². The van der Waals surface area contributed by atoms with Crippen molar-refractivity contribution in [2.45, 2.75) is 13.5 Å². The van der Waals surface area contributed by atoms with Gasteiger partial charge in [-0.1, -0.05) is 6.07 Å². The highest BCUT2D eigenvalue weighted by Gasteiger charge is 2.14. The summed E-state index contributed by atoms with van der Waals surface area (Å²) in [5.41, 5.74) is 1.74. The second kappa shape index (κ2) is 6.79. The molecule has 0 unspecified atom stereocenters. The minimum Gasteiger partial charge on any atom is -0.349 e. The standard InChI is InChI=1S/C16H17N5O2S/c1-11-9-17-10-21(16(11)23)6-5-18-15(22)13-8-12(19-20(13)2)14-4-3-7-24-14/h3-4,7-10H,5-6H2,1-2H3,(H,18,22). The summed E-state index contributed by atoms with van der Waals surface area (Å²) in [5.74, 6) is -0.221. The summed E-state index contributed by atoms with van der Waals surface area (Å²) in [6.45, 7) is 2.42. The first-order valence-electron chi connectivity index (χ1n) is 7.43. The van der Waals surface area contributed by atoms with Gasteiger partial charge >= 0.3 is 0 Å². The van der Waals surface area contributed by atoms with Gasteiger partial charge in [-0.3, -0.25) is 18.8 Å². The number of rotatable bonds is 5. The van der Waals surface area contributed by atoms with E-state index >= 15 is 0 Å². The third-order valence-corrected chi connectivity index (χ3v) is 4.49. The van der Waals surface area contributed by atoms with Crippen molar-refractivity contribution in [3.8, 4) is 10.6 Å². The zero-order valence-corrected chi connectivity index (χ0v) is 14.2. The maximum Gasteiger partial charge on any atom is 0.269 e. The monoisotopic (exact) mass is 343 g/mol. The molecular formula is C16H17N5O2S. The van der Waals surface area contributed by atoms with Crippen LogP contribution in [0, 0.1) is 6.92 Å². The first-order chi connectivity index (χ1) is 11.6. The fourth-order valence-corrected chi connectivity index (χ4v) is 3.01. The molecule has 0 aromatic carbocycles. The molecule has 124 valence electrons. The number of thiophene rings is 1. The van der Waals surface area contributed by atoms with Crippen LogP contribution in [0.15, 0.2) is 40.9 Å². The molecule has 0 bridgehead atoms. The van der Waals surface area contributed by atoms with Crippen molar-refractivity contribution < 1.29 is 4.79 Å². The zero-order chi connectivity index (χ0) is 17.1. The summed E-state index contributed by atoms with van der Waals surface area (Å²) in [6.07, 6.45) is 3.00. The van der Waals surface area contributed by atoms with Gasteiger partial charge in [-0.05, 0) is 24.4 Å². The molecule has 0 fully saturated rings. The largest absolute Gasteiger partial charge is 0.349 e. The van der Waals surface area contributed by atoms with Gasteiger partial charge in [0.05, 0.1) is 11.2 Å². The summed E-state index contributed by atoms with van der Waals surface area (Å²) in [6, 6.07) is 5.68. The molecule has 0 aliphatic carbocycles. The Kier molecular flexibility index (Phi) is 4.57. The minimum atomic E-state index is -0.221. The lowest BCUT2D eigenvalue weighted by Crippen LogP contribution is -2.32. The number of hydrogen-bond acceptors (Lipinski definition) is 5. The molecule has 1 amide bonds. The summed E-state index contributed by atoms with van der Waals surface area (Å²) >= 11 is 1.58. The Balaban J connectivity index is 1.65. The van der Waals surface area contributed by atoms with Crippen LogP contribution in [-0.2, 0) is 13.6 Å². The molecule has 3 rings (SSSR count). The van der Waals surface area contributed by atoms with Crippen LogP contribution in [-0.4, -0.2) is 31.8 Å². The molecule has 8 heteroatoms. The fourth-order valence-electron chi connectivity index (χ4n) is 2.32. The normalized spacial score (nSPS) is 10.8. The van der Waals surface area contributed by atoms with Crippen LogP contribution in [0.1, 0.15) is 16.1 Å². The van der Waals surface area contributed by atoms with Crippen molar-refractivity contribution in [2.75, 3.05) is 6.54 Å². The number of carbonyl (C=O) groups is 1. The Bertz CT molecular complexity index is 911. The van der Waals surface area contributed by atoms with Crippen molar-refractivity contribution in [1.82, 2.24) is 24.6 Å². The molecule has 0 saturated heterocycles. The average molecular weight is 343 g/mol. The first kappa shape index (κ1) is 16.1. The van der Waals surface area contributed by atoms with Gasteiger partial charge < -0.3 is 5.32 Å². The molecule has 3 aromatic rings. The topological polar surface area (TPSA) is 81.8 Å². The summed E-state index contributed by atoms with van der Waals surface area (Å²) in [4.78, 5) is 29.2. The molecular weight excluding hydrogens is 326 g/mol. The van der Waals surface area contributed by atoms with Crippen molar-refractivity contribution in [2.24, 2.45) is 7.05 Å². The highest BCUT2D eigenvalue weighted by atomic mass is 32.1.